The van der Waals surface area contributed by atoms with E-state index in [-0.39, 0.29) is 5.41 Å². The lowest BCUT2D eigenvalue weighted by Gasteiger charge is -2.35. The molecule has 2 heteroatoms. The Hall–Kier alpha value is -2.09. The third-order valence-corrected chi connectivity index (χ3v) is 4.71. The Bertz CT molecular complexity index is 853. The largest absolute Gasteiger partial charge is 0.319 e. The van der Waals surface area contributed by atoms with Gasteiger partial charge in [0.05, 0.1) is 22.8 Å². The van der Waals surface area contributed by atoms with Gasteiger partial charge in [-0.1, -0.05) is 56.3 Å². The lowest BCUT2D eigenvalue weighted by atomic mass is 9.75. The molecule has 0 saturated carbocycles. The standard InChI is InChI=1S/C19H20N2/c1-13(2)20-12-21-16-10-6-5-8-14(16)19(3,4)15-9-7-11-17(20)18(15)21/h5-11,13H,1-4H3. The fourth-order valence-corrected chi connectivity index (χ4v) is 3.59. The van der Waals surface area contributed by atoms with Crippen LogP contribution in [0.1, 0.15) is 44.9 Å². The van der Waals surface area contributed by atoms with Crippen molar-refractivity contribution in [2.45, 2.75) is 39.2 Å². The SMILES string of the molecule is CC(C)n1[c-][n+]2c3c(cccc31)C(C)(C)c1ccccc1-2. The highest BCUT2D eigenvalue weighted by atomic mass is 15.2. The van der Waals surface area contributed by atoms with Crippen molar-refractivity contribution in [1.29, 1.82) is 0 Å². The van der Waals surface area contributed by atoms with Crippen molar-refractivity contribution < 1.29 is 4.57 Å². The monoisotopic (exact) mass is 276 g/mol. The van der Waals surface area contributed by atoms with Gasteiger partial charge < -0.3 is 9.13 Å². The molecule has 0 spiro atoms. The number of fused-ring (bicyclic) bond motifs is 2. The molecule has 1 aliphatic rings. The minimum Gasteiger partial charge on any atom is -0.319 e. The maximum absolute atomic E-state index is 3.56. The second kappa shape index (κ2) is 3.97. The molecule has 0 saturated heterocycles. The van der Waals surface area contributed by atoms with Crippen molar-refractivity contribution in [3.63, 3.8) is 0 Å². The number of imidazole rings is 1. The van der Waals surface area contributed by atoms with E-state index in [1.165, 1.54) is 27.8 Å². The Labute approximate surface area is 125 Å². The van der Waals surface area contributed by atoms with Gasteiger partial charge >= 0.3 is 0 Å². The molecule has 2 nitrogen and oxygen atoms in total. The second-order valence-corrected chi connectivity index (χ2v) is 6.71. The first kappa shape index (κ1) is 12.6. The van der Waals surface area contributed by atoms with Gasteiger partial charge in [0.25, 0.3) is 0 Å². The van der Waals surface area contributed by atoms with Crippen LogP contribution in [0.15, 0.2) is 42.5 Å². The first-order valence-electron chi connectivity index (χ1n) is 7.60. The molecule has 0 fully saturated rings. The number of nitrogens with zero attached hydrogens (tertiary/aromatic N) is 2. The van der Waals surface area contributed by atoms with Gasteiger partial charge in [0.1, 0.15) is 0 Å². The molecule has 0 amide bonds. The highest BCUT2D eigenvalue weighted by molar-refractivity contribution is 5.80. The van der Waals surface area contributed by atoms with Crippen LogP contribution in [0.3, 0.4) is 0 Å². The maximum atomic E-state index is 3.56. The van der Waals surface area contributed by atoms with Gasteiger partial charge in [-0.15, -0.1) is 0 Å². The van der Waals surface area contributed by atoms with E-state index in [0.29, 0.717) is 6.04 Å². The molecule has 0 aliphatic carbocycles. The van der Waals surface area contributed by atoms with Gasteiger partial charge in [-0.2, -0.15) is 0 Å². The molecule has 1 aromatic heterocycles. The zero-order valence-electron chi connectivity index (χ0n) is 13.0. The fraction of sp³-hybridized carbons (Fsp3) is 0.316. The first-order chi connectivity index (χ1) is 10.0. The summed E-state index contributed by atoms with van der Waals surface area (Å²) in [6.45, 7) is 9.05. The van der Waals surface area contributed by atoms with E-state index in [1.807, 2.05) is 0 Å². The van der Waals surface area contributed by atoms with E-state index in [1.54, 1.807) is 0 Å². The predicted molar refractivity (Wildman–Crippen MR) is 84.8 cm³/mol. The van der Waals surface area contributed by atoms with Crippen molar-refractivity contribution in [2.24, 2.45) is 0 Å². The Morgan fingerprint density at radius 3 is 2.48 bits per heavy atom. The molecular formula is C19H20N2. The summed E-state index contributed by atoms with van der Waals surface area (Å²) < 4.78 is 4.49. The molecule has 4 rings (SSSR count). The van der Waals surface area contributed by atoms with Crippen LogP contribution in [0.4, 0.5) is 0 Å². The van der Waals surface area contributed by atoms with Crippen LogP contribution >= 0.6 is 0 Å². The normalized spacial score (nSPS) is 15.5. The highest BCUT2D eigenvalue weighted by Crippen LogP contribution is 2.40. The van der Waals surface area contributed by atoms with Crippen molar-refractivity contribution in [3.8, 4) is 5.69 Å². The van der Waals surface area contributed by atoms with E-state index in [9.17, 15) is 0 Å². The van der Waals surface area contributed by atoms with E-state index in [0.717, 1.165) is 0 Å². The number of aromatic nitrogens is 2. The highest BCUT2D eigenvalue weighted by Gasteiger charge is 2.33. The van der Waals surface area contributed by atoms with Crippen LogP contribution < -0.4 is 4.57 Å². The molecule has 0 radical (unpaired) electrons. The second-order valence-electron chi connectivity index (χ2n) is 6.71. The van der Waals surface area contributed by atoms with Gasteiger partial charge in [0.15, 0.2) is 0 Å². The Morgan fingerprint density at radius 1 is 1.00 bits per heavy atom. The number of benzene rings is 2. The number of para-hydroxylation sites is 2. The lowest BCUT2D eigenvalue weighted by Crippen LogP contribution is -2.40. The molecule has 3 aromatic rings. The van der Waals surface area contributed by atoms with E-state index in [2.05, 4.69) is 85.6 Å². The van der Waals surface area contributed by atoms with Crippen molar-refractivity contribution in [1.82, 2.24) is 4.57 Å². The molecule has 0 atom stereocenters. The summed E-state index contributed by atoms with van der Waals surface area (Å²) in [6.07, 6.45) is 3.56. The molecule has 0 bridgehead atoms. The van der Waals surface area contributed by atoms with Gasteiger partial charge in [0, 0.05) is 5.41 Å². The van der Waals surface area contributed by atoms with Crippen molar-refractivity contribution in [3.05, 3.63) is 59.9 Å². The minimum absolute atomic E-state index is 0.0209. The molecule has 2 heterocycles. The predicted octanol–water partition coefficient (Wildman–Crippen LogP) is 3.94. The zero-order valence-corrected chi connectivity index (χ0v) is 13.0. The number of rotatable bonds is 1. The van der Waals surface area contributed by atoms with Gasteiger partial charge in [0.2, 0.25) is 6.33 Å². The topological polar surface area (TPSA) is 8.81 Å². The van der Waals surface area contributed by atoms with Crippen LogP contribution in [0, 0.1) is 6.33 Å². The van der Waals surface area contributed by atoms with Crippen molar-refractivity contribution >= 4 is 11.0 Å². The molecular weight excluding hydrogens is 256 g/mol. The summed E-state index contributed by atoms with van der Waals surface area (Å²) in [5.74, 6) is 0. The van der Waals surface area contributed by atoms with Crippen molar-refractivity contribution in [2.75, 3.05) is 0 Å². The summed E-state index contributed by atoms with van der Waals surface area (Å²) in [5, 5.41) is 0. The summed E-state index contributed by atoms with van der Waals surface area (Å²) in [7, 11) is 0. The average molecular weight is 276 g/mol. The van der Waals surface area contributed by atoms with Gasteiger partial charge in [-0.25, -0.2) is 0 Å². The van der Waals surface area contributed by atoms with Crippen LogP contribution in [0.25, 0.3) is 16.7 Å². The zero-order chi connectivity index (χ0) is 14.8. The molecule has 0 N–H and O–H groups in total. The van der Waals surface area contributed by atoms with Gasteiger partial charge in [-0.3, -0.25) is 0 Å². The van der Waals surface area contributed by atoms with Crippen LogP contribution in [0.2, 0.25) is 0 Å². The van der Waals surface area contributed by atoms with Gasteiger partial charge in [-0.05, 0) is 25.0 Å². The summed E-state index contributed by atoms with van der Waals surface area (Å²) >= 11 is 0. The summed E-state index contributed by atoms with van der Waals surface area (Å²) in [4.78, 5) is 0. The van der Waals surface area contributed by atoms with Crippen LogP contribution in [-0.4, -0.2) is 4.57 Å². The first-order valence-corrected chi connectivity index (χ1v) is 7.60. The van der Waals surface area contributed by atoms with E-state index < -0.39 is 0 Å². The third kappa shape index (κ3) is 1.50. The van der Waals surface area contributed by atoms with Crippen LogP contribution in [0.5, 0.6) is 0 Å². The van der Waals surface area contributed by atoms with Crippen LogP contribution in [-0.2, 0) is 5.41 Å². The quantitative estimate of drug-likeness (QED) is 0.470. The lowest BCUT2D eigenvalue weighted by molar-refractivity contribution is -0.576. The molecule has 0 unspecified atom stereocenters. The molecule has 21 heavy (non-hydrogen) atoms. The van der Waals surface area contributed by atoms with E-state index in [4.69, 9.17) is 0 Å². The molecule has 2 aromatic carbocycles. The smallest absolute Gasteiger partial charge is 0.244 e. The minimum atomic E-state index is 0.0209. The molecule has 1 aliphatic heterocycles. The Kier molecular flexibility index (Phi) is 2.39. The third-order valence-electron chi connectivity index (χ3n) is 4.71. The Morgan fingerprint density at radius 2 is 1.71 bits per heavy atom. The average Bonchev–Trinajstić information content (AvgIpc) is 2.86. The summed E-state index contributed by atoms with van der Waals surface area (Å²) in [5.41, 5.74) is 6.60. The fourth-order valence-electron chi connectivity index (χ4n) is 3.59. The molecule has 106 valence electrons. The maximum Gasteiger partial charge on any atom is 0.244 e. The number of hydrogen-bond acceptors (Lipinski definition) is 0. The summed E-state index contributed by atoms with van der Waals surface area (Å²) in [6, 6.07) is 15.7. The Balaban J connectivity index is 2.22. The van der Waals surface area contributed by atoms with E-state index >= 15 is 0 Å². The number of hydrogen-bond donors (Lipinski definition) is 0.